The van der Waals surface area contributed by atoms with Crippen LogP contribution in [-0.2, 0) is 0 Å². The van der Waals surface area contributed by atoms with Crippen molar-refractivity contribution in [3.63, 3.8) is 0 Å². The average Bonchev–Trinajstić information content (AvgIpc) is 2.71. The maximum Gasteiger partial charge on any atom is 0.00701 e. The fourth-order valence-corrected chi connectivity index (χ4v) is 3.07. The highest BCUT2D eigenvalue weighted by Crippen LogP contribution is 2.25. The second kappa shape index (κ2) is 5.31. The van der Waals surface area contributed by atoms with Gasteiger partial charge in [0, 0.05) is 12.1 Å². The average molecular weight is 210 g/mol. The molecule has 1 unspecified atom stereocenters. The van der Waals surface area contributed by atoms with Gasteiger partial charge in [-0.1, -0.05) is 0 Å². The monoisotopic (exact) mass is 210 g/mol. The normalized spacial score (nSPS) is 30.2. The molecule has 2 saturated heterocycles. The van der Waals surface area contributed by atoms with Gasteiger partial charge in [-0.2, -0.15) is 0 Å². The van der Waals surface area contributed by atoms with Crippen molar-refractivity contribution in [2.75, 3.05) is 19.6 Å². The van der Waals surface area contributed by atoms with Crippen LogP contribution >= 0.6 is 0 Å². The molecule has 0 saturated carbocycles. The molecule has 2 heteroatoms. The van der Waals surface area contributed by atoms with Crippen LogP contribution in [0.2, 0.25) is 0 Å². The third kappa shape index (κ3) is 3.18. The smallest absolute Gasteiger partial charge is 0.00701 e. The zero-order valence-electron chi connectivity index (χ0n) is 10.3. The fourth-order valence-electron chi connectivity index (χ4n) is 3.07. The van der Waals surface area contributed by atoms with Gasteiger partial charge in [0.15, 0.2) is 0 Å². The Morgan fingerprint density at radius 1 is 1.20 bits per heavy atom. The first-order chi connectivity index (χ1) is 7.25. The first-order valence-electron chi connectivity index (χ1n) is 6.73. The number of nitrogens with zero attached hydrogens (tertiary/aromatic N) is 1. The van der Waals surface area contributed by atoms with E-state index < -0.39 is 0 Å². The van der Waals surface area contributed by atoms with Crippen molar-refractivity contribution in [1.82, 2.24) is 10.2 Å². The van der Waals surface area contributed by atoms with E-state index in [-0.39, 0.29) is 0 Å². The van der Waals surface area contributed by atoms with Crippen molar-refractivity contribution in [2.24, 2.45) is 5.92 Å². The van der Waals surface area contributed by atoms with Crippen LogP contribution in [0.3, 0.4) is 0 Å². The number of hydrogen-bond acceptors (Lipinski definition) is 2. The lowest BCUT2D eigenvalue weighted by atomic mass is 9.89. The number of likely N-dealkylation sites (tertiary alicyclic amines) is 1. The number of nitrogens with one attached hydrogen (secondary N) is 1. The van der Waals surface area contributed by atoms with Gasteiger partial charge in [0.25, 0.3) is 0 Å². The minimum Gasteiger partial charge on any atom is -0.314 e. The maximum absolute atomic E-state index is 3.62. The molecule has 0 radical (unpaired) electrons. The summed E-state index contributed by atoms with van der Waals surface area (Å²) in [6.07, 6.45) is 7.11. The molecule has 0 bridgehead atoms. The van der Waals surface area contributed by atoms with E-state index >= 15 is 0 Å². The van der Waals surface area contributed by atoms with Crippen molar-refractivity contribution in [1.29, 1.82) is 0 Å². The van der Waals surface area contributed by atoms with Gasteiger partial charge in [-0.15, -0.1) is 0 Å². The summed E-state index contributed by atoms with van der Waals surface area (Å²) in [5, 5.41) is 3.62. The predicted molar refractivity (Wildman–Crippen MR) is 65.1 cm³/mol. The Bertz CT molecular complexity index is 177. The molecular weight excluding hydrogens is 184 g/mol. The molecule has 1 atom stereocenters. The zero-order chi connectivity index (χ0) is 10.7. The molecule has 2 nitrogen and oxygen atoms in total. The molecule has 2 fully saturated rings. The molecule has 0 aromatic heterocycles. The van der Waals surface area contributed by atoms with Gasteiger partial charge in [0.1, 0.15) is 0 Å². The standard InChI is InChI=1S/C13H26N2/c1-11(2)15-8-5-12(6-9-15)10-13-4-3-7-14-13/h11-14H,3-10H2,1-2H3. The van der Waals surface area contributed by atoms with Gasteiger partial charge < -0.3 is 10.2 Å². The summed E-state index contributed by atoms with van der Waals surface area (Å²) in [5.74, 6) is 0.996. The molecule has 15 heavy (non-hydrogen) atoms. The summed E-state index contributed by atoms with van der Waals surface area (Å²) in [6, 6.07) is 1.59. The molecule has 2 aliphatic heterocycles. The van der Waals surface area contributed by atoms with E-state index in [1.807, 2.05) is 0 Å². The van der Waals surface area contributed by atoms with Crippen LogP contribution in [0.1, 0.15) is 46.0 Å². The summed E-state index contributed by atoms with van der Waals surface area (Å²) in [5.41, 5.74) is 0. The highest BCUT2D eigenvalue weighted by Gasteiger charge is 2.24. The molecule has 2 rings (SSSR count). The molecule has 0 aromatic carbocycles. The highest BCUT2D eigenvalue weighted by atomic mass is 15.1. The van der Waals surface area contributed by atoms with E-state index in [0.29, 0.717) is 0 Å². The molecule has 0 amide bonds. The molecule has 0 aromatic rings. The molecule has 1 N–H and O–H groups in total. The number of piperidine rings is 1. The van der Waals surface area contributed by atoms with Crippen LogP contribution in [0, 0.1) is 5.92 Å². The summed E-state index contributed by atoms with van der Waals surface area (Å²) in [4.78, 5) is 2.62. The quantitative estimate of drug-likeness (QED) is 0.768. The Balaban J connectivity index is 1.68. The third-order valence-electron chi connectivity index (χ3n) is 4.16. The first kappa shape index (κ1) is 11.4. The van der Waals surface area contributed by atoms with Crippen LogP contribution < -0.4 is 5.32 Å². The molecule has 0 aliphatic carbocycles. The minimum atomic E-state index is 0.746. The van der Waals surface area contributed by atoms with E-state index in [1.54, 1.807) is 0 Å². The summed E-state index contributed by atoms with van der Waals surface area (Å²) in [6.45, 7) is 8.55. The highest BCUT2D eigenvalue weighted by molar-refractivity contribution is 4.81. The molecular formula is C13H26N2. The van der Waals surface area contributed by atoms with E-state index in [9.17, 15) is 0 Å². The maximum atomic E-state index is 3.62. The van der Waals surface area contributed by atoms with Crippen LogP contribution in [0.15, 0.2) is 0 Å². The van der Waals surface area contributed by atoms with Gasteiger partial charge in [-0.05, 0) is 71.5 Å². The lowest BCUT2D eigenvalue weighted by Crippen LogP contribution is -2.39. The van der Waals surface area contributed by atoms with Gasteiger partial charge in [0.05, 0.1) is 0 Å². The Morgan fingerprint density at radius 2 is 1.93 bits per heavy atom. The topological polar surface area (TPSA) is 15.3 Å². The van der Waals surface area contributed by atoms with Gasteiger partial charge in [0.2, 0.25) is 0 Å². The minimum absolute atomic E-state index is 0.746. The Kier molecular flexibility index (Phi) is 4.04. The van der Waals surface area contributed by atoms with Crippen molar-refractivity contribution in [3.8, 4) is 0 Å². The Hall–Kier alpha value is -0.0800. The third-order valence-corrected chi connectivity index (χ3v) is 4.16. The van der Waals surface area contributed by atoms with Gasteiger partial charge >= 0.3 is 0 Å². The summed E-state index contributed by atoms with van der Waals surface area (Å²) in [7, 11) is 0. The summed E-state index contributed by atoms with van der Waals surface area (Å²) < 4.78 is 0. The first-order valence-corrected chi connectivity index (χ1v) is 6.73. The fraction of sp³-hybridized carbons (Fsp3) is 1.00. The van der Waals surface area contributed by atoms with Gasteiger partial charge in [-0.3, -0.25) is 0 Å². The van der Waals surface area contributed by atoms with Crippen LogP contribution in [0.5, 0.6) is 0 Å². The van der Waals surface area contributed by atoms with Crippen molar-refractivity contribution in [2.45, 2.75) is 58.0 Å². The summed E-state index contributed by atoms with van der Waals surface area (Å²) >= 11 is 0. The van der Waals surface area contributed by atoms with Crippen LogP contribution in [0.4, 0.5) is 0 Å². The Labute approximate surface area is 94.4 Å². The van der Waals surface area contributed by atoms with Crippen molar-refractivity contribution < 1.29 is 0 Å². The van der Waals surface area contributed by atoms with Crippen molar-refractivity contribution >= 4 is 0 Å². The van der Waals surface area contributed by atoms with Crippen molar-refractivity contribution in [3.05, 3.63) is 0 Å². The van der Waals surface area contributed by atoms with E-state index in [4.69, 9.17) is 0 Å². The second-order valence-electron chi connectivity index (χ2n) is 5.60. The van der Waals surface area contributed by atoms with Gasteiger partial charge in [-0.25, -0.2) is 0 Å². The predicted octanol–water partition coefficient (Wildman–Crippen LogP) is 2.25. The molecule has 2 heterocycles. The number of hydrogen-bond donors (Lipinski definition) is 1. The lowest BCUT2D eigenvalue weighted by molar-refractivity contribution is 0.141. The van der Waals surface area contributed by atoms with Crippen LogP contribution in [-0.4, -0.2) is 36.6 Å². The van der Waals surface area contributed by atoms with E-state index in [2.05, 4.69) is 24.1 Å². The SMILES string of the molecule is CC(C)N1CCC(CC2CCCN2)CC1. The van der Waals surface area contributed by atoms with E-state index in [1.165, 1.54) is 51.7 Å². The van der Waals surface area contributed by atoms with Crippen LogP contribution in [0.25, 0.3) is 0 Å². The number of rotatable bonds is 3. The zero-order valence-corrected chi connectivity index (χ0v) is 10.3. The molecule has 2 aliphatic rings. The lowest BCUT2D eigenvalue weighted by Gasteiger charge is -2.35. The second-order valence-corrected chi connectivity index (χ2v) is 5.60. The Morgan fingerprint density at radius 3 is 2.47 bits per heavy atom. The molecule has 0 spiro atoms. The molecule has 88 valence electrons. The van der Waals surface area contributed by atoms with E-state index in [0.717, 1.165) is 18.0 Å². The largest absolute Gasteiger partial charge is 0.314 e.